The normalized spacial score (nSPS) is 20.5. The van der Waals surface area contributed by atoms with Crippen LogP contribution in [0.5, 0.6) is 0 Å². The van der Waals surface area contributed by atoms with Crippen LogP contribution in [0.4, 0.5) is 8.78 Å². The van der Waals surface area contributed by atoms with Crippen LogP contribution >= 0.6 is 0 Å². The summed E-state index contributed by atoms with van der Waals surface area (Å²) < 4.78 is 29.1. The molecule has 0 unspecified atom stereocenters. The molecular weight excluding hydrogens is 442 g/mol. The van der Waals surface area contributed by atoms with Crippen LogP contribution in [-0.4, -0.2) is 53.4 Å². The fourth-order valence-corrected chi connectivity index (χ4v) is 4.34. The van der Waals surface area contributed by atoms with E-state index >= 15 is 0 Å². The highest BCUT2D eigenvalue weighted by Gasteiger charge is 2.41. The van der Waals surface area contributed by atoms with E-state index in [1.165, 1.54) is 6.07 Å². The maximum atomic E-state index is 14.8. The molecule has 0 bridgehead atoms. The first kappa shape index (κ1) is 23.5. The van der Waals surface area contributed by atoms with E-state index in [1.807, 2.05) is 30.3 Å². The highest BCUT2D eigenvalue weighted by molar-refractivity contribution is 5.90. The SMILES string of the molecule is N=CN(CC(=O)N1C[C@H](F)C[C@H]1C(=O)N[C@@H](c1ccccc1)c1ccc(C2CC2)c(F)c1)N=N. The molecule has 178 valence electrons. The molecule has 4 rings (SSSR count). The fraction of sp³-hybridized carbons (Fsp3) is 0.375. The van der Waals surface area contributed by atoms with Crippen molar-refractivity contribution in [1.82, 2.24) is 15.2 Å². The van der Waals surface area contributed by atoms with E-state index < -0.39 is 36.6 Å². The number of rotatable bonds is 9. The monoisotopic (exact) mass is 468 g/mol. The molecule has 34 heavy (non-hydrogen) atoms. The first-order valence-corrected chi connectivity index (χ1v) is 11.1. The van der Waals surface area contributed by atoms with Gasteiger partial charge in [0, 0.05) is 6.42 Å². The van der Waals surface area contributed by atoms with Crippen molar-refractivity contribution in [3.8, 4) is 0 Å². The van der Waals surface area contributed by atoms with Crippen LogP contribution in [0.3, 0.4) is 0 Å². The lowest BCUT2D eigenvalue weighted by molar-refractivity contribution is -0.139. The highest BCUT2D eigenvalue weighted by Crippen LogP contribution is 2.41. The van der Waals surface area contributed by atoms with Crippen molar-refractivity contribution >= 4 is 18.2 Å². The Hall–Kier alpha value is -3.69. The van der Waals surface area contributed by atoms with Crippen molar-refractivity contribution < 1.29 is 18.4 Å². The van der Waals surface area contributed by atoms with E-state index in [4.69, 9.17) is 10.9 Å². The zero-order valence-electron chi connectivity index (χ0n) is 18.5. The predicted octanol–water partition coefficient (Wildman–Crippen LogP) is 3.70. The molecule has 2 fully saturated rings. The largest absolute Gasteiger partial charge is 0.343 e. The number of hydrogen-bond acceptors (Lipinski definition) is 5. The number of nitrogens with zero attached hydrogens (tertiary/aromatic N) is 3. The zero-order chi connectivity index (χ0) is 24.2. The van der Waals surface area contributed by atoms with E-state index in [2.05, 4.69) is 10.5 Å². The van der Waals surface area contributed by atoms with Crippen molar-refractivity contribution in [3.63, 3.8) is 0 Å². The predicted molar refractivity (Wildman–Crippen MR) is 120 cm³/mol. The molecule has 1 aliphatic carbocycles. The topological polar surface area (TPSA) is 113 Å². The van der Waals surface area contributed by atoms with Crippen molar-refractivity contribution in [2.75, 3.05) is 13.1 Å². The lowest BCUT2D eigenvalue weighted by Crippen LogP contribution is -2.49. The molecule has 0 spiro atoms. The van der Waals surface area contributed by atoms with Gasteiger partial charge in [-0.1, -0.05) is 47.7 Å². The molecule has 2 aliphatic rings. The third-order valence-corrected chi connectivity index (χ3v) is 6.24. The lowest BCUT2D eigenvalue weighted by atomic mass is 9.96. The number of alkyl halides is 1. The summed E-state index contributed by atoms with van der Waals surface area (Å²) in [5.74, 6) is -1.24. The Morgan fingerprint density at radius 3 is 2.56 bits per heavy atom. The first-order chi connectivity index (χ1) is 16.4. The Balaban J connectivity index is 1.57. The molecule has 0 aromatic heterocycles. The molecule has 3 atom stereocenters. The second-order valence-electron chi connectivity index (χ2n) is 8.63. The first-order valence-electron chi connectivity index (χ1n) is 11.1. The molecule has 2 aromatic rings. The summed E-state index contributed by atoms with van der Waals surface area (Å²) >= 11 is 0. The number of nitrogens with one attached hydrogen (secondary N) is 3. The lowest BCUT2D eigenvalue weighted by Gasteiger charge is -2.27. The van der Waals surface area contributed by atoms with E-state index in [1.54, 1.807) is 12.1 Å². The van der Waals surface area contributed by atoms with Gasteiger partial charge in [-0.15, -0.1) is 0 Å². The standard InChI is InChI=1S/C24H26F2N6O2/c25-18-11-21(32(12-18)22(33)13-31(14-27)30-28)24(34)29-23(16-4-2-1-3-5-16)17-8-9-19(15-6-7-15)20(26)10-17/h1-5,8-10,14-15,18,21,23,27-28H,6-7,11-13H2,(H,29,34)/t18-,21+,23+/m1/s1. The Morgan fingerprint density at radius 1 is 1.21 bits per heavy atom. The van der Waals surface area contributed by atoms with Crippen LogP contribution in [-0.2, 0) is 9.59 Å². The van der Waals surface area contributed by atoms with Crippen molar-refractivity contribution in [2.45, 2.75) is 43.4 Å². The molecule has 2 amide bonds. The number of carbonyl (C=O) groups excluding carboxylic acids is 2. The quantitative estimate of drug-likeness (QED) is 0.226. The third kappa shape index (κ3) is 5.11. The molecule has 2 aromatic carbocycles. The van der Waals surface area contributed by atoms with Crippen molar-refractivity contribution in [2.24, 2.45) is 5.22 Å². The maximum absolute atomic E-state index is 14.8. The highest BCUT2D eigenvalue weighted by atomic mass is 19.1. The smallest absolute Gasteiger partial charge is 0.245 e. The van der Waals surface area contributed by atoms with Crippen molar-refractivity contribution in [3.05, 3.63) is 71.0 Å². The summed E-state index contributed by atoms with van der Waals surface area (Å²) in [6.07, 6.45) is 1.08. The van der Waals surface area contributed by atoms with Gasteiger partial charge in [-0.3, -0.25) is 15.0 Å². The summed E-state index contributed by atoms with van der Waals surface area (Å²) in [4.78, 5) is 27.0. The van der Waals surface area contributed by atoms with Gasteiger partial charge >= 0.3 is 0 Å². The molecule has 8 nitrogen and oxygen atoms in total. The average Bonchev–Trinajstić information content (AvgIpc) is 3.61. The second-order valence-corrected chi connectivity index (χ2v) is 8.63. The third-order valence-electron chi connectivity index (χ3n) is 6.24. The minimum atomic E-state index is -1.38. The number of likely N-dealkylation sites (tertiary alicyclic amines) is 1. The van der Waals surface area contributed by atoms with Crippen LogP contribution in [0.25, 0.3) is 0 Å². The van der Waals surface area contributed by atoms with Gasteiger partial charge in [0.05, 0.1) is 12.6 Å². The van der Waals surface area contributed by atoms with Crippen LogP contribution in [0.15, 0.2) is 53.8 Å². The van der Waals surface area contributed by atoms with Crippen molar-refractivity contribution in [1.29, 1.82) is 10.9 Å². The zero-order valence-corrected chi connectivity index (χ0v) is 18.5. The van der Waals surface area contributed by atoms with E-state index in [9.17, 15) is 18.4 Å². The molecule has 1 saturated heterocycles. The summed E-state index contributed by atoms with van der Waals surface area (Å²) in [5.41, 5.74) is 8.94. The second kappa shape index (κ2) is 10.1. The Bertz CT molecular complexity index is 1070. The van der Waals surface area contributed by atoms with Crippen LogP contribution in [0, 0.1) is 16.8 Å². The Kier molecular flexibility index (Phi) is 6.95. The van der Waals surface area contributed by atoms with Gasteiger partial charge in [0.25, 0.3) is 0 Å². The number of carbonyl (C=O) groups is 2. The van der Waals surface area contributed by atoms with Gasteiger partial charge in [0.15, 0.2) is 0 Å². The summed E-state index contributed by atoms with van der Waals surface area (Å²) in [5, 5.41) is 13.9. The number of amides is 2. The Labute approximate surface area is 195 Å². The van der Waals surface area contributed by atoms with Gasteiger partial charge in [0.2, 0.25) is 11.8 Å². The van der Waals surface area contributed by atoms with Gasteiger partial charge in [-0.2, -0.15) is 5.53 Å². The molecular formula is C24H26F2N6O2. The molecule has 0 radical (unpaired) electrons. The number of halogens is 2. The van der Waals surface area contributed by atoms with Crippen LogP contribution in [0.2, 0.25) is 0 Å². The average molecular weight is 469 g/mol. The molecule has 10 heteroatoms. The van der Waals surface area contributed by atoms with Crippen LogP contribution in [0.1, 0.15) is 47.9 Å². The molecule has 1 heterocycles. The summed E-state index contributed by atoms with van der Waals surface area (Å²) in [6.45, 7) is -0.707. The minimum Gasteiger partial charge on any atom is -0.343 e. The van der Waals surface area contributed by atoms with Gasteiger partial charge in [-0.05, 0) is 41.5 Å². The fourth-order valence-electron chi connectivity index (χ4n) is 4.34. The van der Waals surface area contributed by atoms with Gasteiger partial charge in [-0.25, -0.2) is 13.8 Å². The summed E-state index contributed by atoms with van der Waals surface area (Å²) in [7, 11) is 0. The number of benzene rings is 2. The molecule has 1 saturated carbocycles. The summed E-state index contributed by atoms with van der Waals surface area (Å²) in [6, 6.07) is 12.3. The van der Waals surface area contributed by atoms with E-state index in [-0.39, 0.29) is 24.7 Å². The Morgan fingerprint density at radius 2 is 1.94 bits per heavy atom. The minimum absolute atomic E-state index is 0.170. The maximum Gasteiger partial charge on any atom is 0.245 e. The van der Waals surface area contributed by atoms with E-state index in [0.717, 1.165) is 28.3 Å². The molecule has 3 N–H and O–H groups in total. The van der Waals surface area contributed by atoms with E-state index in [0.29, 0.717) is 17.5 Å². The van der Waals surface area contributed by atoms with Gasteiger partial charge in [0.1, 0.15) is 30.9 Å². The number of hydrogen-bond donors (Lipinski definition) is 3. The van der Waals surface area contributed by atoms with Crippen LogP contribution < -0.4 is 5.32 Å². The van der Waals surface area contributed by atoms with Gasteiger partial charge < -0.3 is 10.2 Å². The molecule has 1 aliphatic heterocycles.